The average Bonchev–Trinajstić information content (AvgIpc) is 2.39. The first-order chi connectivity index (χ1) is 4.13. The van der Waals surface area contributed by atoms with E-state index in [4.69, 9.17) is 0 Å². The summed E-state index contributed by atoms with van der Waals surface area (Å²) >= 11 is 0. The second kappa shape index (κ2) is 1.69. The lowest BCUT2D eigenvalue weighted by Gasteiger charge is -1.71. The molecule has 1 heterocycles. The van der Waals surface area contributed by atoms with Crippen molar-refractivity contribution in [3.05, 3.63) is 11.4 Å². The number of carbonyl (C=O) groups is 2. The third kappa shape index (κ3) is 0.988. The molecule has 1 rings (SSSR count). The number of rotatable bonds is 2. The van der Waals surface area contributed by atoms with E-state index in [1.807, 2.05) is 0 Å². The molecule has 1 N–H and O–H groups in total. The minimum Gasteiger partial charge on any atom is -0.346 e. The number of ketones is 2. The van der Waals surface area contributed by atoms with E-state index in [1.54, 1.807) is 0 Å². The van der Waals surface area contributed by atoms with E-state index >= 15 is 0 Å². The van der Waals surface area contributed by atoms with Crippen molar-refractivity contribution in [3.63, 3.8) is 0 Å². The zero-order valence-electron chi connectivity index (χ0n) is 5.32. The standard InChI is InChI=1S/C6H7NO2/c1-3(8)5-6(7-5)4(2)9/h7H,1-2H3. The molecular formula is C6H7NO2. The molecule has 0 saturated carbocycles. The molecule has 3 heteroatoms. The molecule has 48 valence electrons. The van der Waals surface area contributed by atoms with E-state index in [2.05, 4.69) is 5.32 Å². The highest BCUT2D eigenvalue weighted by atomic mass is 16.1. The van der Waals surface area contributed by atoms with Gasteiger partial charge >= 0.3 is 0 Å². The molecular weight excluding hydrogens is 118 g/mol. The Morgan fingerprint density at radius 2 is 1.44 bits per heavy atom. The number of carbonyl (C=O) groups excluding carboxylic acids is 2. The van der Waals surface area contributed by atoms with Crippen LogP contribution in [0.2, 0.25) is 0 Å². The molecule has 1 aliphatic rings. The lowest BCUT2D eigenvalue weighted by Crippen LogP contribution is -1.92. The summed E-state index contributed by atoms with van der Waals surface area (Å²) < 4.78 is 0. The van der Waals surface area contributed by atoms with Crippen LogP contribution in [-0.2, 0) is 9.59 Å². The van der Waals surface area contributed by atoms with Gasteiger partial charge in [0.1, 0.15) is 11.4 Å². The van der Waals surface area contributed by atoms with Gasteiger partial charge in [-0.15, -0.1) is 0 Å². The maximum Gasteiger partial charge on any atom is 0.178 e. The van der Waals surface area contributed by atoms with E-state index in [0.717, 1.165) is 0 Å². The van der Waals surface area contributed by atoms with Gasteiger partial charge in [0.05, 0.1) is 0 Å². The highest BCUT2D eigenvalue weighted by molar-refractivity contribution is 6.10. The van der Waals surface area contributed by atoms with Crippen LogP contribution in [0.25, 0.3) is 0 Å². The summed E-state index contributed by atoms with van der Waals surface area (Å²) in [7, 11) is 0. The number of hydrogen-bond acceptors (Lipinski definition) is 3. The summed E-state index contributed by atoms with van der Waals surface area (Å²) in [5.41, 5.74) is 0.949. The first-order valence-electron chi connectivity index (χ1n) is 2.66. The Balaban J connectivity index is 2.71. The first kappa shape index (κ1) is 6.01. The average molecular weight is 125 g/mol. The molecule has 0 radical (unpaired) electrons. The molecule has 3 nitrogen and oxygen atoms in total. The Hall–Kier alpha value is -1.12. The van der Waals surface area contributed by atoms with Crippen LogP contribution in [0.5, 0.6) is 0 Å². The first-order valence-corrected chi connectivity index (χ1v) is 2.66. The van der Waals surface area contributed by atoms with Gasteiger partial charge in [-0.3, -0.25) is 9.59 Å². The van der Waals surface area contributed by atoms with Crippen LogP contribution >= 0.6 is 0 Å². The van der Waals surface area contributed by atoms with E-state index in [-0.39, 0.29) is 11.6 Å². The summed E-state index contributed by atoms with van der Waals surface area (Å²) in [5.74, 6) is -0.139. The molecule has 9 heavy (non-hydrogen) atoms. The van der Waals surface area contributed by atoms with Crippen molar-refractivity contribution in [2.75, 3.05) is 0 Å². The Kier molecular flexibility index (Phi) is 1.12. The van der Waals surface area contributed by atoms with Gasteiger partial charge in [-0.25, -0.2) is 0 Å². The summed E-state index contributed by atoms with van der Waals surface area (Å²) in [4.78, 5) is 20.9. The molecule has 0 aromatic heterocycles. The predicted molar refractivity (Wildman–Crippen MR) is 31.5 cm³/mol. The quantitative estimate of drug-likeness (QED) is 0.564. The van der Waals surface area contributed by atoms with Crippen molar-refractivity contribution in [1.82, 2.24) is 5.32 Å². The molecule has 0 unspecified atom stereocenters. The highest BCUT2D eigenvalue weighted by Crippen LogP contribution is 2.15. The maximum absolute atomic E-state index is 10.4. The Labute approximate surface area is 52.7 Å². The van der Waals surface area contributed by atoms with E-state index < -0.39 is 0 Å². The van der Waals surface area contributed by atoms with Gasteiger partial charge in [-0.1, -0.05) is 0 Å². The minimum atomic E-state index is -0.0693. The smallest absolute Gasteiger partial charge is 0.178 e. The number of hydrogen-bond donors (Lipinski definition) is 1. The molecule has 0 spiro atoms. The van der Waals surface area contributed by atoms with Crippen LogP contribution in [0.4, 0.5) is 0 Å². The zero-order chi connectivity index (χ0) is 7.02. The van der Waals surface area contributed by atoms with Gasteiger partial charge in [0.15, 0.2) is 11.6 Å². The topological polar surface area (TPSA) is 56.1 Å². The Morgan fingerprint density at radius 3 is 1.56 bits per heavy atom. The number of nitrogens with one attached hydrogen (secondary N) is 1. The second-order valence-corrected chi connectivity index (χ2v) is 1.99. The molecule has 0 bridgehead atoms. The van der Waals surface area contributed by atoms with E-state index in [1.165, 1.54) is 13.8 Å². The third-order valence-corrected chi connectivity index (χ3v) is 1.14. The van der Waals surface area contributed by atoms with Gasteiger partial charge < -0.3 is 5.32 Å². The van der Waals surface area contributed by atoms with Crippen LogP contribution in [0.3, 0.4) is 0 Å². The minimum absolute atomic E-state index is 0.0693. The van der Waals surface area contributed by atoms with Crippen LogP contribution in [0.1, 0.15) is 13.8 Å². The largest absolute Gasteiger partial charge is 0.346 e. The molecule has 0 amide bonds. The number of Topliss-reactive ketones (excluding diaryl/α,β-unsaturated/α-hetero) is 2. The molecule has 0 saturated heterocycles. The summed E-state index contributed by atoms with van der Waals surface area (Å²) in [6.07, 6.45) is 0. The molecule has 0 aliphatic carbocycles. The van der Waals surface area contributed by atoms with Gasteiger partial charge in [-0.2, -0.15) is 0 Å². The van der Waals surface area contributed by atoms with Gasteiger partial charge in [-0.05, 0) is 0 Å². The summed E-state index contributed by atoms with van der Waals surface area (Å²) in [5, 5.41) is 2.60. The van der Waals surface area contributed by atoms with Crippen molar-refractivity contribution in [2.45, 2.75) is 13.8 Å². The molecule has 1 aliphatic heterocycles. The molecule has 0 aromatic rings. The third-order valence-electron chi connectivity index (χ3n) is 1.14. The second-order valence-electron chi connectivity index (χ2n) is 1.99. The lowest BCUT2D eigenvalue weighted by molar-refractivity contribution is -0.114. The fraction of sp³-hybridized carbons (Fsp3) is 0.333. The van der Waals surface area contributed by atoms with Crippen LogP contribution in [-0.4, -0.2) is 11.6 Å². The zero-order valence-corrected chi connectivity index (χ0v) is 5.32. The van der Waals surface area contributed by atoms with E-state index in [9.17, 15) is 9.59 Å². The number of allylic oxidation sites excluding steroid dienone is 2. The van der Waals surface area contributed by atoms with Crippen molar-refractivity contribution in [3.8, 4) is 0 Å². The van der Waals surface area contributed by atoms with Crippen molar-refractivity contribution in [1.29, 1.82) is 0 Å². The van der Waals surface area contributed by atoms with Crippen LogP contribution in [0.15, 0.2) is 11.4 Å². The maximum atomic E-state index is 10.4. The van der Waals surface area contributed by atoms with Gasteiger partial charge in [0, 0.05) is 13.8 Å². The van der Waals surface area contributed by atoms with Crippen LogP contribution < -0.4 is 5.32 Å². The summed E-state index contributed by atoms with van der Waals surface area (Å²) in [6, 6.07) is 0. The SMILES string of the molecule is CC(=O)C1=C(C(C)=O)N1. The highest BCUT2D eigenvalue weighted by Gasteiger charge is 2.27. The fourth-order valence-corrected chi connectivity index (χ4v) is 0.622. The lowest BCUT2D eigenvalue weighted by atomic mass is 10.3. The van der Waals surface area contributed by atoms with Gasteiger partial charge in [0.25, 0.3) is 0 Å². The Morgan fingerprint density at radius 1 is 1.11 bits per heavy atom. The predicted octanol–water partition coefficient (Wildman–Crippen LogP) is -0.0208. The Bertz CT molecular complexity index is 193. The van der Waals surface area contributed by atoms with E-state index in [0.29, 0.717) is 11.4 Å². The van der Waals surface area contributed by atoms with Crippen molar-refractivity contribution in [2.24, 2.45) is 0 Å². The summed E-state index contributed by atoms with van der Waals surface area (Å²) in [6.45, 7) is 2.86. The van der Waals surface area contributed by atoms with Gasteiger partial charge in [0.2, 0.25) is 0 Å². The van der Waals surface area contributed by atoms with Crippen LogP contribution in [0, 0.1) is 0 Å². The van der Waals surface area contributed by atoms with Crippen molar-refractivity contribution >= 4 is 11.6 Å². The van der Waals surface area contributed by atoms with Crippen molar-refractivity contribution < 1.29 is 9.59 Å². The normalized spacial score (nSPS) is 14.9. The fourth-order valence-electron chi connectivity index (χ4n) is 0.622. The monoisotopic (exact) mass is 125 g/mol. The molecule has 0 fully saturated rings. The molecule has 0 aromatic carbocycles. The molecule has 0 atom stereocenters.